The molecule has 1 heterocycles. The Balaban J connectivity index is 2.08. The van der Waals surface area contributed by atoms with Crippen LogP contribution in [0.2, 0.25) is 5.02 Å². The fraction of sp³-hybridized carbons (Fsp3) is 0.111. The molecule has 0 radical (unpaired) electrons. The third-order valence-corrected chi connectivity index (χ3v) is 3.77. The van der Waals surface area contributed by atoms with Gasteiger partial charge in [-0.15, -0.1) is 0 Å². The van der Waals surface area contributed by atoms with Crippen molar-refractivity contribution >= 4 is 11.6 Å². The van der Waals surface area contributed by atoms with Gasteiger partial charge in [-0.3, -0.25) is 9.36 Å². The SMILES string of the molecule is Cc1ncn(Cc2ccccc2)c(=O)c1-c1cccc(Cl)c1. The van der Waals surface area contributed by atoms with Crippen molar-refractivity contribution in [2.75, 3.05) is 0 Å². The van der Waals surface area contributed by atoms with Crippen molar-refractivity contribution in [2.24, 2.45) is 0 Å². The lowest BCUT2D eigenvalue weighted by molar-refractivity contribution is 0.733. The average molecular weight is 311 g/mol. The normalized spacial score (nSPS) is 10.6. The van der Waals surface area contributed by atoms with E-state index in [0.717, 1.165) is 11.1 Å². The van der Waals surface area contributed by atoms with Crippen molar-refractivity contribution in [3.63, 3.8) is 0 Å². The van der Waals surface area contributed by atoms with Gasteiger partial charge in [-0.1, -0.05) is 54.1 Å². The summed E-state index contributed by atoms with van der Waals surface area (Å²) >= 11 is 6.04. The van der Waals surface area contributed by atoms with Crippen LogP contribution in [0.1, 0.15) is 11.3 Å². The van der Waals surface area contributed by atoms with Crippen LogP contribution in [-0.2, 0) is 6.54 Å². The Kier molecular flexibility index (Phi) is 4.07. The predicted molar refractivity (Wildman–Crippen MR) is 89.2 cm³/mol. The van der Waals surface area contributed by atoms with Gasteiger partial charge in [0.25, 0.3) is 5.56 Å². The second-order valence-electron chi connectivity index (χ2n) is 5.13. The van der Waals surface area contributed by atoms with Crippen LogP contribution in [0.25, 0.3) is 11.1 Å². The summed E-state index contributed by atoms with van der Waals surface area (Å²) < 4.78 is 1.62. The van der Waals surface area contributed by atoms with Gasteiger partial charge in [-0.05, 0) is 30.2 Å². The van der Waals surface area contributed by atoms with E-state index < -0.39 is 0 Å². The van der Waals surface area contributed by atoms with Crippen molar-refractivity contribution in [2.45, 2.75) is 13.5 Å². The molecule has 0 aliphatic rings. The van der Waals surface area contributed by atoms with Crippen LogP contribution < -0.4 is 5.56 Å². The van der Waals surface area contributed by atoms with Crippen molar-refractivity contribution in [3.05, 3.63) is 87.6 Å². The monoisotopic (exact) mass is 310 g/mol. The highest BCUT2D eigenvalue weighted by atomic mass is 35.5. The molecule has 0 bridgehead atoms. The van der Waals surface area contributed by atoms with E-state index in [1.807, 2.05) is 49.4 Å². The topological polar surface area (TPSA) is 34.9 Å². The van der Waals surface area contributed by atoms with Gasteiger partial charge in [0.05, 0.1) is 24.1 Å². The Morgan fingerprint density at radius 1 is 1.09 bits per heavy atom. The minimum absolute atomic E-state index is 0.0568. The van der Waals surface area contributed by atoms with E-state index in [2.05, 4.69) is 4.98 Å². The first-order chi connectivity index (χ1) is 10.6. The molecule has 22 heavy (non-hydrogen) atoms. The Hall–Kier alpha value is -2.39. The van der Waals surface area contributed by atoms with E-state index in [1.165, 1.54) is 0 Å². The molecule has 0 aliphatic heterocycles. The van der Waals surface area contributed by atoms with Gasteiger partial charge in [0.1, 0.15) is 0 Å². The molecule has 3 aromatic rings. The minimum Gasteiger partial charge on any atom is -0.294 e. The summed E-state index contributed by atoms with van der Waals surface area (Å²) in [5, 5.41) is 0.606. The second kappa shape index (κ2) is 6.16. The molecule has 0 saturated carbocycles. The smallest absolute Gasteiger partial charge is 0.261 e. The molecule has 3 nitrogen and oxygen atoms in total. The van der Waals surface area contributed by atoms with E-state index in [0.29, 0.717) is 22.8 Å². The Bertz CT molecular complexity index is 856. The van der Waals surface area contributed by atoms with Crippen molar-refractivity contribution in [1.29, 1.82) is 0 Å². The number of rotatable bonds is 3. The van der Waals surface area contributed by atoms with Gasteiger partial charge >= 0.3 is 0 Å². The number of aromatic nitrogens is 2. The number of hydrogen-bond donors (Lipinski definition) is 0. The lowest BCUT2D eigenvalue weighted by Gasteiger charge is -2.10. The van der Waals surface area contributed by atoms with Crippen LogP contribution in [0.4, 0.5) is 0 Å². The van der Waals surface area contributed by atoms with Crippen LogP contribution in [0.5, 0.6) is 0 Å². The molecule has 3 rings (SSSR count). The van der Waals surface area contributed by atoms with Gasteiger partial charge in [-0.25, -0.2) is 4.98 Å². The van der Waals surface area contributed by atoms with Crippen molar-refractivity contribution in [3.8, 4) is 11.1 Å². The zero-order chi connectivity index (χ0) is 15.5. The number of halogens is 1. The van der Waals surface area contributed by atoms with Crippen molar-refractivity contribution < 1.29 is 0 Å². The van der Waals surface area contributed by atoms with Crippen LogP contribution in [0, 0.1) is 6.92 Å². The molecule has 1 aromatic heterocycles. The largest absolute Gasteiger partial charge is 0.294 e. The predicted octanol–water partition coefficient (Wildman–Crippen LogP) is 3.92. The zero-order valence-electron chi connectivity index (χ0n) is 12.2. The first-order valence-electron chi connectivity index (χ1n) is 7.01. The van der Waals surface area contributed by atoms with Gasteiger partial charge in [-0.2, -0.15) is 0 Å². The van der Waals surface area contributed by atoms with E-state index in [9.17, 15) is 4.79 Å². The third-order valence-electron chi connectivity index (χ3n) is 3.54. The van der Waals surface area contributed by atoms with Crippen LogP contribution in [0.3, 0.4) is 0 Å². The summed E-state index contributed by atoms with van der Waals surface area (Å²) in [7, 11) is 0. The standard InChI is InChI=1S/C18H15ClN2O/c1-13-17(15-8-5-9-16(19)10-15)18(22)21(12-20-13)11-14-6-3-2-4-7-14/h2-10,12H,11H2,1H3. The van der Waals surface area contributed by atoms with Gasteiger partial charge in [0.15, 0.2) is 0 Å². The molecule has 0 spiro atoms. The summed E-state index contributed by atoms with van der Waals surface area (Å²) in [6, 6.07) is 17.2. The Labute approximate surface area is 133 Å². The maximum absolute atomic E-state index is 12.8. The highest BCUT2D eigenvalue weighted by Gasteiger charge is 2.11. The van der Waals surface area contributed by atoms with E-state index in [4.69, 9.17) is 11.6 Å². The quantitative estimate of drug-likeness (QED) is 0.735. The van der Waals surface area contributed by atoms with Gasteiger partial charge < -0.3 is 0 Å². The molecule has 4 heteroatoms. The third kappa shape index (κ3) is 2.95. The molecule has 2 aromatic carbocycles. The van der Waals surface area contributed by atoms with Gasteiger partial charge in [0.2, 0.25) is 0 Å². The molecule has 0 N–H and O–H groups in total. The van der Waals surface area contributed by atoms with Crippen LogP contribution in [-0.4, -0.2) is 9.55 Å². The maximum atomic E-state index is 12.8. The van der Waals surface area contributed by atoms with Crippen molar-refractivity contribution in [1.82, 2.24) is 9.55 Å². The summed E-state index contributed by atoms with van der Waals surface area (Å²) in [5.74, 6) is 0. The average Bonchev–Trinajstić information content (AvgIpc) is 2.51. The number of aryl methyl sites for hydroxylation is 1. The molecular formula is C18H15ClN2O. The molecule has 0 fully saturated rings. The molecule has 110 valence electrons. The lowest BCUT2D eigenvalue weighted by atomic mass is 10.1. The number of hydrogen-bond acceptors (Lipinski definition) is 2. The fourth-order valence-corrected chi connectivity index (χ4v) is 2.63. The molecular weight excluding hydrogens is 296 g/mol. The minimum atomic E-state index is -0.0568. The lowest BCUT2D eigenvalue weighted by Crippen LogP contribution is -2.23. The fourth-order valence-electron chi connectivity index (χ4n) is 2.44. The summed E-state index contributed by atoms with van der Waals surface area (Å²) in [4.78, 5) is 17.1. The zero-order valence-corrected chi connectivity index (χ0v) is 12.9. The van der Waals surface area contributed by atoms with Gasteiger partial charge in [0, 0.05) is 5.02 Å². The van der Waals surface area contributed by atoms with E-state index in [-0.39, 0.29) is 5.56 Å². The number of benzene rings is 2. The summed E-state index contributed by atoms with van der Waals surface area (Å²) in [6.45, 7) is 2.34. The first kappa shape index (κ1) is 14.5. The molecule has 0 unspecified atom stereocenters. The molecule has 0 atom stereocenters. The summed E-state index contributed by atoms with van der Waals surface area (Å²) in [5.41, 5.74) is 3.10. The number of nitrogens with zero attached hydrogens (tertiary/aromatic N) is 2. The highest BCUT2D eigenvalue weighted by molar-refractivity contribution is 6.30. The maximum Gasteiger partial charge on any atom is 0.261 e. The molecule has 0 saturated heterocycles. The summed E-state index contributed by atoms with van der Waals surface area (Å²) in [6.07, 6.45) is 1.60. The van der Waals surface area contributed by atoms with Crippen LogP contribution in [0.15, 0.2) is 65.7 Å². The van der Waals surface area contributed by atoms with E-state index in [1.54, 1.807) is 23.0 Å². The highest BCUT2D eigenvalue weighted by Crippen LogP contribution is 2.21. The van der Waals surface area contributed by atoms with Crippen LogP contribution >= 0.6 is 11.6 Å². The molecule has 0 aliphatic carbocycles. The van der Waals surface area contributed by atoms with E-state index >= 15 is 0 Å². The molecule has 0 amide bonds. The Morgan fingerprint density at radius 3 is 2.59 bits per heavy atom. The first-order valence-corrected chi connectivity index (χ1v) is 7.39. The second-order valence-corrected chi connectivity index (χ2v) is 5.57. The Morgan fingerprint density at radius 2 is 1.86 bits per heavy atom.